The highest BCUT2D eigenvalue weighted by Crippen LogP contribution is 2.20. The number of piperazine rings is 1. The lowest BCUT2D eigenvalue weighted by molar-refractivity contribution is -0.117. The smallest absolute Gasteiger partial charge is 0.169 e. The molecule has 160 valence electrons. The molecule has 1 aromatic carbocycles. The fourth-order valence-corrected chi connectivity index (χ4v) is 4.39. The van der Waals surface area contributed by atoms with Crippen LogP contribution in [-0.2, 0) is 16.1 Å². The summed E-state index contributed by atoms with van der Waals surface area (Å²) in [5.41, 5.74) is 2.61. The molecule has 3 aliphatic rings. The molecule has 3 aliphatic heterocycles. The molecule has 0 bridgehead atoms. The summed E-state index contributed by atoms with van der Waals surface area (Å²) >= 11 is 5.63. The molecule has 29 heavy (non-hydrogen) atoms. The zero-order valence-electron chi connectivity index (χ0n) is 17.2. The number of ether oxygens (including phenoxy) is 1. The summed E-state index contributed by atoms with van der Waals surface area (Å²) in [5.74, 6) is 0. The molecule has 0 atom stereocenters. The zero-order valence-corrected chi connectivity index (χ0v) is 18.0. The molecule has 7 nitrogen and oxygen atoms in total. The number of anilines is 1. The standard InChI is InChI=1S/C21H33N5O2S/c29-21(22-5-7-23-12-15-27-16-13-23)25-10-8-24(9-11-25)20-4-1-3-19(17-20)18-26-6-2-14-28-26/h1,3-4,17H,2,5-16,18H2,(H,22,29). The Hall–Kier alpha value is -1.45. The topological polar surface area (TPSA) is 43.5 Å². The van der Waals surface area contributed by atoms with Crippen LogP contribution in [0, 0.1) is 0 Å². The Morgan fingerprint density at radius 3 is 2.59 bits per heavy atom. The maximum atomic E-state index is 5.64. The van der Waals surface area contributed by atoms with Gasteiger partial charge in [-0.2, -0.15) is 5.06 Å². The zero-order chi connectivity index (χ0) is 19.9. The summed E-state index contributed by atoms with van der Waals surface area (Å²) < 4.78 is 5.40. The lowest BCUT2D eigenvalue weighted by Crippen LogP contribution is -2.52. The monoisotopic (exact) mass is 419 g/mol. The minimum atomic E-state index is 0.846. The van der Waals surface area contributed by atoms with Gasteiger partial charge < -0.3 is 19.9 Å². The highest BCUT2D eigenvalue weighted by molar-refractivity contribution is 7.80. The molecule has 3 saturated heterocycles. The van der Waals surface area contributed by atoms with Crippen molar-refractivity contribution in [1.82, 2.24) is 20.2 Å². The van der Waals surface area contributed by atoms with Gasteiger partial charge >= 0.3 is 0 Å². The maximum absolute atomic E-state index is 5.64. The number of benzene rings is 1. The van der Waals surface area contributed by atoms with E-state index in [4.69, 9.17) is 21.8 Å². The maximum Gasteiger partial charge on any atom is 0.169 e. The van der Waals surface area contributed by atoms with E-state index in [9.17, 15) is 0 Å². The molecule has 1 N–H and O–H groups in total. The van der Waals surface area contributed by atoms with Crippen molar-refractivity contribution in [2.24, 2.45) is 0 Å². The number of thiocarbonyl (C=S) groups is 1. The molecule has 0 amide bonds. The second-order valence-electron chi connectivity index (χ2n) is 7.88. The molecule has 0 aliphatic carbocycles. The molecular weight excluding hydrogens is 386 g/mol. The van der Waals surface area contributed by atoms with Crippen LogP contribution in [0.1, 0.15) is 12.0 Å². The number of hydrogen-bond donors (Lipinski definition) is 1. The van der Waals surface area contributed by atoms with Gasteiger partial charge in [0.05, 0.1) is 19.8 Å². The predicted octanol–water partition coefficient (Wildman–Crippen LogP) is 1.15. The Bertz CT molecular complexity index is 656. The predicted molar refractivity (Wildman–Crippen MR) is 119 cm³/mol. The van der Waals surface area contributed by atoms with Crippen molar-refractivity contribution in [2.75, 3.05) is 83.6 Å². The average molecular weight is 420 g/mol. The Kier molecular flexibility index (Phi) is 7.56. The average Bonchev–Trinajstić information content (AvgIpc) is 3.28. The van der Waals surface area contributed by atoms with Crippen LogP contribution in [0.2, 0.25) is 0 Å². The minimum absolute atomic E-state index is 0.846. The third-order valence-electron chi connectivity index (χ3n) is 5.84. The Morgan fingerprint density at radius 2 is 1.83 bits per heavy atom. The quantitative estimate of drug-likeness (QED) is 0.689. The molecule has 0 radical (unpaired) electrons. The van der Waals surface area contributed by atoms with Crippen molar-refractivity contribution < 1.29 is 9.57 Å². The summed E-state index contributed by atoms with van der Waals surface area (Å²) in [6, 6.07) is 8.86. The van der Waals surface area contributed by atoms with E-state index in [2.05, 4.69) is 49.3 Å². The summed E-state index contributed by atoms with van der Waals surface area (Å²) in [6.07, 6.45) is 1.13. The van der Waals surface area contributed by atoms with Gasteiger partial charge in [0.15, 0.2) is 5.11 Å². The third-order valence-corrected chi connectivity index (χ3v) is 6.24. The number of nitrogens with one attached hydrogen (secondary N) is 1. The van der Waals surface area contributed by atoms with E-state index in [-0.39, 0.29) is 0 Å². The highest BCUT2D eigenvalue weighted by Gasteiger charge is 2.20. The van der Waals surface area contributed by atoms with Crippen molar-refractivity contribution in [3.63, 3.8) is 0 Å². The molecule has 3 heterocycles. The molecule has 3 fully saturated rings. The van der Waals surface area contributed by atoms with Crippen molar-refractivity contribution in [3.8, 4) is 0 Å². The van der Waals surface area contributed by atoms with E-state index in [1.165, 1.54) is 11.3 Å². The summed E-state index contributed by atoms with van der Waals surface area (Å²) in [7, 11) is 0. The molecule has 0 saturated carbocycles. The summed E-state index contributed by atoms with van der Waals surface area (Å²) in [5, 5.41) is 6.40. The summed E-state index contributed by atoms with van der Waals surface area (Å²) in [6.45, 7) is 12.3. The first-order valence-electron chi connectivity index (χ1n) is 10.8. The van der Waals surface area contributed by atoms with Gasteiger partial charge in [-0.1, -0.05) is 12.1 Å². The largest absolute Gasteiger partial charge is 0.379 e. The first kappa shape index (κ1) is 20.8. The number of morpholine rings is 1. The van der Waals surface area contributed by atoms with Gasteiger partial charge in [0.25, 0.3) is 0 Å². The number of hydroxylamine groups is 2. The summed E-state index contributed by atoms with van der Waals surface area (Å²) in [4.78, 5) is 12.8. The van der Waals surface area contributed by atoms with Crippen molar-refractivity contribution >= 4 is 23.0 Å². The fourth-order valence-electron chi connectivity index (χ4n) is 4.10. The Labute approximate surface area is 179 Å². The SMILES string of the molecule is S=C(NCCN1CCOCC1)N1CCN(c2cccc(CN3CCCO3)c2)CC1. The van der Waals surface area contributed by atoms with Crippen LogP contribution < -0.4 is 10.2 Å². The first-order chi connectivity index (χ1) is 14.3. The second kappa shape index (κ2) is 10.5. The Balaban J connectivity index is 1.20. The molecule has 0 aromatic heterocycles. The van der Waals surface area contributed by atoms with E-state index in [1.54, 1.807) is 0 Å². The van der Waals surface area contributed by atoms with Crippen molar-refractivity contribution in [1.29, 1.82) is 0 Å². The Morgan fingerprint density at radius 1 is 1.00 bits per heavy atom. The minimum Gasteiger partial charge on any atom is -0.379 e. The van der Waals surface area contributed by atoms with E-state index in [0.29, 0.717) is 0 Å². The molecule has 0 unspecified atom stereocenters. The normalized spacial score (nSPS) is 21.5. The van der Waals surface area contributed by atoms with Gasteiger partial charge in [0, 0.05) is 71.1 Å². The van der Waals surface area contributed by atoms with Crippen LogP contribution in [0.4, 0.5) is 5.69 Å². The first-order valence-corrected chi connectivity index (χ1v) is 11.2. The fraction of sp³-hybridized carbons (Fsp3) is 0.667. The number of nitrogens with zero attached hydrogens (tertiary/aromatic N) is 4. The molecule has 0 spiro atoms. The van der Waals surface area contributed by atoms with Crippen LogP contribution in [-0.4, -0.2) is 98.7 Å². The third kappa shape index (κ3) is 6.02. The van der Waals surface area contributed by atoms with E-state index < -0.39 is 0 Å². The molecule has 1 aromatic rings. The second-order valence-corrected chi connectivity index (χ2v) is 8.27. The van der Waals surface area contributed by atoms with Crippen LogP contribution in [0.3, 0.4) is 0 Å². The van der Waals surface area contributed by atoms with Crippen LogP contribution >= 0.6 is 12.2 Å². The lowest BCUT2D eigenvalue weighted by Gasteiger charge is -2.38. The van der Waals surface area contributed by atoms with Crippen LogP contribution in [0.25, 0.3) is 0 Å². The number of rotatable bonds is 6. The lowest BCUT2D eigenvalue weighted by atomic mass is 10.1. The number of hydrogen-bond acceptors (Lipinski definition) is 6. The van der Waals surface area contributed by atoms with Gasteiger partial charge in [0.2, 0.25) is 0 Å². The van der Waals surface area contributed by atoms with E-state index in [1.807, 2.05) is 0 Å². The van der Waals surface area contributed by atoms with Gasteiger partial charge in [-0.25, -0.2) is 0 Å². The van der Waals surface area contributed by atoms with Gasteiger partial charge in [0.1, 0.15) is 0 Å². The van der Waals surface area contributed by atoms with Crippen LogP contribution in [0.15, 0.2) is 24.3 Å². The highest BCUT2D eigenvalue weighted by atomic mass is 32.1. The molecular formula is C21H33N5O2S. The van der Waals surface area contributed by atoms with Gasteiger partial charge in [-0.15, -0.1) is 0 Å². The van der Waals surface area contributed by atoms with Gasteiger partial charge in [-0.05, 0) is 36.3 Å². The van der Waals surface area contributed by atoms with Crippen molar-refractivity contribution in [3.05, 3.63) is 29.8 Å². The van der Waals surface area contributed by atoms with E-state index in [0.717, 1.165) is 96.8 Å². The molecule has 4 rings (SSSR count). The van der Waals surface area contributed by atoms with Gasteiger partial charge in [-0.3, -0.25) is 9.74 Å². The molecule has 8 heteroatoms. The van der Waals surface area contributed by atoms with E-state index >= 15 is 0 Å². The van der Waals surface area contributed by atoms with Crippen LogP contribution in [0.5, 0.6) is 0 Å². The van der Waals surface area contributed by atoms with Crippen molar-refractivity contribution in [2.45, 2.75) is 13.0 Å².